The van der Waals surface area contributed by atoms with Crippen molar-refractivity contribution in [1.29, 1.82) is 0 Å². The summed E-state index contributed by atoms with van der Waals surface area (Å²) in [6, 6.07) is 23.1. The SMILES string of the molecule is CCCC(=O)C(NCCOc1ccc(C[C@H](Nc2ccccc2C(=O)c2ccccc2)C(=O)OC)cc1)C1CC1. The van der Waals surface area contributed by atoms with E-state index < -0.39 is 12.0 Å². The summed E-state index contributed by atoms with van der Waals surface area (Å²) in [6.07, 6.45) is 4.09. The fraction of sp³-hybridized carbons (Fsp3) is 0.364. The Hall–Kier alpha value is -3.97. The second kappa shape index (κ2) is 14.4. The van der Waals surface area contributed by atoms with Crippen LogP contribution >= 0.6 is 0 Å². The number of para-hydroxylation sites is 1. The van der Waals surface area contributed by atoms with Crippen molar-refractivity contribution in [3.05, 3.63) is 95.6 Å². The quantitative estimate of drug-likeness (QED) is 0.145. The molecule has 1 saturated carbocycles. The van der Waals surface area contributed by atoms with Gasteiger partial charge in [0, 0.05) is 36.2 Å². The van der Waals surface area contributed by atoms with Crippen LogP contribution in [0.25, 0.3) is 0 Å². The largest absolute Gasteiger partial charge is 0.492 e. The van der Waals surface area contributed by atoms with Crippen molar-refractivity contribution < 1.29 is 23.9 Å². The van der Waals surface area contributed by atoms with Crippen molar-refractivity contribution in [2.24, 2.45) is 5.92 Å². The molecule has 1 fully saturated rings. The van der Waals surface area contributed by atoms with Gasteiger partial charge in [0.1, 0.15) is 24.2 Å². The van der Waals surface area contributed by atoms with Crippen molar-refractivity contribution in [3.63, 3.8) is 0 Å². The normalized spacial score (nSPS) is 14.2. The second-order valence-electron chi connectivity index (χ2n) is 10.1. The van der Waals surface area contributed by atoms with Crippen LogP contribution in [0, 0.1) is 5.92 Å². The third-order valence-corrected chi connectivity index (χ3v) is 7.06. The minimum Gasteiger partial charge on any atom is -0.492 e. The van der Waals surface area contributed by atoms with Gasteiger partial charge in [-0.1, -0.05) is 61.5 Å². The third kappa shape index (κ3) is 8.02. The van der Waals surface area contributed by atoms with E-state index in [4.69, 9.17) is 9.47 Å². The summed E-state index contributed by atoms with van der Waals surface area (Å²) in [7, 11) is 1.35. The lowest BCUT2D eigenvalue weighted by Crippen LogP contribution is -2.40. The number of nitrogens with one attached hydrogen (secondary N) is 2. The van der Waals surface area contributed by atoms with Gasteiger partial charge in [0.2, 0.25) is 0 Å². The van der Waals surface area contributed by atoms with Gasteiger partial charge in [0.15, 0.2) is 5.78 Å². The van der Waals surface area contributed by atoms with E-state index in [1.807, 2.05) is 55.5 Å². The highest BCUT2D eigenvalue weighted by Crippen LogP contribution is 2.33. The Morgan fingerprint density at radius 1 is 0.925 bits per heavy atom. The van der Waals surface area contributed by atoms with E-state index in [2.05, 4.69) is 10.6 Å². The summed E-state index contributed by atoms with van der Waals surface area (Å²) in [4.78, 5) is 38.2. The van der Waals surface area contributed by atoms with Gasteiger partial charge in [-0.3, -0.25) is 9.59 Å². The summed E-state index contributed by atoms with van der Waals surface area (Å²) < 4.78 is 10.9. The Kier molecular flexibility index (Phi) is 10.5. The minimum atomic E-state index is -0.689. The molecular weight excluding hydrogens is 504 g/mol. The summed E-state index contributed by atoms with van der Waals surface area (Å²) in [5, 5.41) is 6.61. The highest BCUT2D eigenvalue weighted by molar-refractivity contribution is 6.12. The standard InChI is InChI=1S/C33H38N2O5/c1-3-9-30(36)31(24-16-17-24)34-20-21-40-26-18-14-23(15-19-26)22-29(33(38)39-2)35-28-13-8-7-12-27(28)32(37)25-10-5-4-6-11-25/h4-8,10-15,18-19,24,29,31,34-35H,3,9,16-17,20-22H2,1-2H3/t29-,31?/m0/s1. The number of hydrogen-bond acceptors (Lipinski definition) is 7. The molecule has 40 heavy (non-hydrogen) atoms. The van der Waals surface area contributed by atoms with Crippen LogP contribution in [-0.2, 0) is 20.7 Å². The molecule has 0 heterocycles. The van der Waals surface area contributed by atoms with Crippen LogP contribution in [0.15, 0.2) is 78.9 Å². The third-order valence-electron chi connectivity index (χ3n) is 7.06. The van der Waals surface area contributed by atoms with Crippen molar-refractivity contribution >= 4 is 23.2 Å². The molecule has 3 aromatic rings. The van der Waals surface area contributed by atoms with E-state index in [-0.39, 0.29) is 11.8 Å². The maximum absolute atomic E-state index is 13.1. The van der Waals surface area contributed by atoms with E-state index >= 15 is 0 Å². The van der Waals surface area contributed by atoms with Crippen LogP contribution < -0.4 is 15.4 Å². The molecule has 0 aliphatic heterocycles. The summed E-state index contributed by atoms with van der Waals surface area (Å²) >= 11 is 0. The molecule has 0 aromatic heterocycles. The fourth-order valence-corrected chi connectivity index (χ4v) is 4.79. The highest BCUT2D eigenvalue weighted by atomic mass is 16.5. The molecule has 0 amide bonds. The van der Waals surface area contributed by atoms with Gasteiger partial charge in [-0.2, -0.15) is 0 Å². The average molecular weight is 543 g/mol. The molecule has 7 nitrogen and oxygen atoms in total. The van der Waals surface area contributed by atoms with E-state index in [0.29, 0.717) is 54.5 Å². The topological polar surface area (TPSA) is 93.7 Å². The molecule has 3 aromatic carbocycles. The first-order valence-corrected chi connectivity index (χ1v) is 14.0. The van der Waals surface area contributed by atoms with Crippen LogP contribution in [0.3, 0.4) is 0 Å². The number of ketones is 2. The molecule has 0 radical (unpaired) electrons. The molecule has 0 saturated heterocycles. The van der Waals surface area contributed by atoms with E-state index in [1.54, 1.807) is 30.3 Å². The molecule has 2 atom stereocenters. The van der Waals surface area contributed by atoms with Crippen molar-refractivity contribution in [1.82, 2.24) is 5.32 Å². The lowest BCUT2D eigenvalue weighted by molar-refractivity contribution is -0.141. The number of ether oxygens (including phenoxy) is 2. The zero-order valence-corrected chi connectivity index (χ0v) is 23.2. The van der Waals surface area contributed by atoms with Crippen LogP contribution in [0.2, 0.25) is 0 Å². The smallest absolute Gasteiger partial charge is 0.328 e. The Labute approximate surface area is 236 Å². The van der Waals surface area contributed by atoms with Crippen molar-refractivity contribution in [3.8, 4) is 5.75 Å². The Morgan fingerprint density at radius 2 is 1.62 bits per heavy atom. The summed E-state index contributed by atoms with van der Waals surface area (Å²) in [5.41, 5.74) is 2.55. The first-order valence-electron chi connectivity index (χ1n) is 14.0. The Balaban J connectivity index is 1.35. The van der Waals surface area contributed by atoms with Gasteiger partial charge in [0.25, 0.3) is 0 Å². The van der Waals surface area contributed by atoms with Crippen molar-refractivity contribution in [2.45, 2.75) is 51.1 Å². The number of benzene rings is 3. The fourth-order valence-electron chi connectivity index (χ4n) is 4.79. The summed E-state index contributed by atoms with van der Waals surface area (Å²) in [6.45, 7) is 3.10. The Bertz CT molecular complexity index is 1270. The molecule has 2 N–H and O–H groups in total. The zero-order valence-electron chi connectivity index (χ0n) is 23.2. The molecule has 1 aliphatic rings. The highest BCUT2D eigenvalue weighted by Gasteiger charge is 2.34. The number of Topliss-reactive ketones (excluding diaryl/α,β-unsaturated/α-hetero) is 1. The van der Waals surface area contributed by atoms with Crippen molar-refractivity contribution in [2.75, 3.05) is 25.6 Å². The second-order valence-corrected chi connectivity index (χ2v) is 10.1. The molecule has 0 spiro atoms. The van der Waals surface area contributed by atoms with Gasteiger partial charge in [0.05, 0.1) is 13.2 Å². The molecule has 4 rings (SSSR count). The van der Waals surface area contributed by atoms with Crippen LogP contribution in [0.5, 0.6) is 5.75 Å². The summed E-state index contributed by atoms with van der Waals surface area (Å²) in [5.74, 6) is 0.945. The molecule has 7 heteroatoms. The van der Waals surface area contributed by atoms with Gasteiger partial charge in [-0.05, 0) is 55.0 Å². The van der Waals surface area contributed by atoms with Gasteiger partial charge in [-0.15, -0.1) is 0 Å². The van der Waals surface area contributed by atoms with Gasteiger partial charge in [-0.25, -0.2) is 4.79 Å². The predicted molar refractivity (Wildman–Crippen MR) is 156 cm³/mol. The first-order chi connectivity index (χ1) is 19.5. The number of esters is 1. The average Bonchev–Trinajstić information content (AvgIpc) is 3.83. The van der Waals surface area contributed by atoms with E-state index in [1.165, 1.54) is 7.11 Å². The maximum atomic E-state index is 13.1. The number of carbonyl (C=O) groups is 3. The van der Waals surface area contributed by atoms with Gasteiger partial charge < -0.3 is 20.1 Å². The molecule has 210 valence electrons. The minimum absolute atomic E-state index is 0.0539. The van der Waals surface area contributed by atoms with E-state index in [9.17, 15) is 14.4 Å². The van der Waals surface area contributed by atoms with E-state index in [0.717, 1.165) is 30.6 Å². The number of hydrogen-bond donors (Lipinski definition) is 2. The lowest BCUT2D eigenvalue weighted by Gasteiger charge is -2.20. The maximum Gasteiger partial charge on any atom is 0.328 e. The van der Waals surface area contributed by atoms with Crippen LogP contribution in [-0.4, -0.2) is 49.9 Å². The molecule has 1 aliphatic carbocycles. The zero-order chi connectivity index (χ0) is 28.3. The predicted octanol–water partition coefficient (Wildman–Crippen LogP) is 5.23. The molecule has 0 bridgehead atoms. The number of carbonyl (C=O) groups excluding carboxylic acids is 3. The number of anilines is 1. The van der Waals surface area contributed by atoms with Crippen LogP contribution in [0.1, 0.15) is 54.1 Å². The van der Waals surface area contributed by atoms with Crippen LogP contribution in [0.4, 0.5) is 5.69 Å². The molecule has 1 unspecified atom stereocenters. The Morgan fingerprint density at radius 3 is 2.30 bits per heavy atom. The number of methoxy groups -OCH3 is 1. The number of rotatable bonds is 16. The molecular formula is C33H38N2O5. The monoisotopic (exact) mass is 542 g/mol. The van der Waals surface area contributed by atoms with Gasteiger partial charge >= 0.3 is 5.97 Å². The first kappa shape index (κ1) is 29.0. The lowest BCUT2D eigenvalue weighted by atomic mass is 10.00.